The quantitative estimate of drug-likeness (QED) is 0.462. The molecule has 112 valence electrons. The van der Waals surface area contributed by atoms with Crippen LogP contribution in [0.4, 0.5) is 0 Å². The number of halogens is 2. The van der Waals surface area contributed by atoms with Crippen molar-refractivity contribution in [1.29, 1.82) is 0 Å². The minimum atomic E-state index is -0.989. The van der Waals surface area contributed by atoms with Gasteiger partial charge < -0.3 is 4.74 Å². The van der Waals surface area contributed by atoms with Crippen LogP contribution in [0.2, 0.25) is 10.0 Å². The lowest BCUT2D eigenvalue weighted by Gasteiger charge is -2.31. The Morgan fingerprint density at radius 2 is 2.05 bits per heavy atom. The Kier molecular flexibility index (Phi) is 3.34. The van der Waals surface area contributed by atoms with E-state index in [4.69, 9.17) is 27.9 Å². The summed E-state index contributed by atoms with van der Waals surface area (Å²) in [6.45, 7) is 3.84. The van der Waals surface area contributed by atoms with Gasteiger partial charge in [-0.05, 0) is 43.4 Å². The number of benzene rings is 1. The number of ketones is 1. The van der Waals surface area contributed by atoms with Crippen LogP contribution in [0.3, 0.4) is 0 Å². The number of carbonyl (C=O) groups is 2. The molecule has 0 heterocycles. The van der Waals surface area contributed by atoms with Crippen LogP contribution in [0.1, 0.15) is 33.1 Å². The van der Waals surface area contributed by atoms with Crippen molar-refractivity contribution in [3.8, 4) is 5.75 Å². The Labute approximate surface area is 133 Å². The molecule has 1 aromatic rings. The lowest BCUT2D eigenvalue weighted by molar-refractivity contribution is -0.153. The highest BCUT2D eigenvalue weighted by atomic mass is 35.5. The zero-order chi connectivity index (χ0) is 15.4. The highest BCUT2D eigenvalue weighted by molar-refractivity contribution is 6.35. The van der Waals surface area contributed by atoms with E-state index in [9.17, 15) is 9.59 Å². The first-order chi connectivity index (χ1) is 9.77. The van der Waals surface area contributed by atoms with Crippen molar-refractivity contribution in [2.24, 2.45) is 16.7 Å². The summed E-state index contributed by atoms with van der Waals surface area (Å²) in [4.78, 5) is 25.2. The van der Waals surface area contributed by atoms with E-state index in [1.807, 2.05) is 13.8 Å². The van der Waals surface area contributed by atoms with E-state index in [-0.39, 0.29) is 22.5 Å². The van der Waals surface area contributed by atoms with Crippen molar-refractivity contribution < 1.29 is 14.3 Å². The van der Waals surface area contributed by atoms with E-state index in [0.717, 1.165) is 6.42 Å². The van der Waals surface area contributed by atoms with Crippen LogP contribution < -0.4 is 4.74 Å². The summed E-state index contributed by atoms with van der Waals surface area (Å²) in [6, 6.07) is 4.67. The number of fused-ring (bicyclic) bond motifs is 2. The molecule has 0 saturated heterocycles. The third-order valence-corrected chi connectivity index (χ3v) is 5.57. The number of ether oxygens (including phenoxy) is 1. The molecular weight excluding hydrogens is 311 g/mol. The van der Waals surface area contributed by atoms with Gasteiger partial charge in [0.05, 0.1) is 5.02 Å². The second-order valence-electron chi connectivity index (χ2n) is 6.54. The van der Waals surface area contributed by atoms with Gasteiger partial charge in [0.15, 0.2) is 5.78 Å². The average Bonchev–Trinajstić information content (AvgIpc) is 2.93. The number of rotatable bonds is 2. The molecule has 0 aromatic heterocycles. The van der Waals surface area contributed by atoms with E-state index >= 15 is 0 Å². The number of Topliss-reactive ketones (excluding diaryl/α,β-unsaturated/α-hetero) is 1. The van der Waals surface area contributed by atoms with Gasteiger partial charge in [0.25, 0.3) is 0 Å². The van der Waals surface area contributed by atoms with Gasteiger partial charge in [-0.3, -0.25) is 9.59 Å². The first kappa shape index (κ1) is 14.9. The standard InChI is InChI=1S/C16H16Cl2O3/c1-15(2)9-5-6-16(8-9,13(15)19)14(20)21-12-4-3-10(17)7-11(12)18/h3-4,7,9H,5-6,8H2,1-2H3. The van der Waals surface area contributed by atoms with Gasteiger partial charge in [-0.2, -0.15) is 0 Å². The summed E-state index contributed by atoms with van der Waals surface area (Å²) in [7, 11) is 0. The van der Waals surface area contributed by atoms with Crippen LogP contribution in [0.15, 0.2) is 18.2 Å². The molecular formula is C16H16Cl2O3. The van der Waals surface area contributed by atoms with Crippen LogP contribution in [0.25, 0.3) is 0 Å². The molecule has 0 aliphatic heterocycles. The van der Waals surface area contributed by atoms with Gasteiger partial charge in [0.1, 0.15) is 11.2 Å². The first-order valence-electron chi connectivity index (χ1n) is 6.99. The minimum Gasteiger partial charge on any atom is -0.424 e. The molecule has 2 bridgehead atoms. The summed E-state index contributed by atoms with van der Waals surface area (Å²) in [5.74, 6) is 0.0331. The van der Waals surface area contributed by atoms with E-state index in [0.29, 0.717) is 17.9 Å². The highest BCUT2D eigenvalue weighted by Crippen LogP contribution is 2.60. The van der Waals surface area contributed by atoms with Crippen molar-refractivity contribution in [3.63, 3.8) is 0 Å². The smallest absolute Gasteiger partial charge is 0.325 e. The second-order valence-corrected chi connectivity index (χ2v) is 7.38. The number of hydrogen-bond acceptors (Lipinski definition) is 3. The maximum Gasteiger partial charge on any atom is 0.325 e. The topological polar surface area (TPSA) is 43.4 Å². The number of hydrogen-bond donors (Lipinski definition) is 0. The maximum atomic E-state index is 12.6. The molecule has 1 aromatic carbocycles. The summed E-state index contributed by atoms with van der Waals surface area (Å²) in [5, 5.41) is 0.739. The number of esters is 1. The Hall–Kier alpha value is -1.06. The average molecular weight is 327 g/mol. The Morgan fingerprint density at radius 1 is 1.33 bits per heavy atom. The Morgan fingerprint density at radius 3 is 2.62 bits per heavy atom. The molecule has 3 rings (SSSR count). The third kappa shape index (κ3) is 2.09. The van der Waals surface area contributed by atoms with Crippen molar-refractivity contribution in [2.75, 3.05) is 0 Å². The molecule has 2 aliphatic carbocycles. The lowest BCUT2D eigenvalue weighted by atomic mass is 9.71. The van der Waals surface area contributed by atoms with E-state index < -0.39 is 16.8 Å². The van der Waals surface area contributed by atoms with Crippen molar-refractivity contribution in [1.82, 2.24) is 0 Å². The molecule has 2 unspecified atom stereocenters. The van der Waals surface area contributed by atoms with Crippen LogP contribution in [-0.2, 0) is 9.59 Å². The fourth-order valence-corrected chi connectivity index (χ4v) is 4.15. The van der Waals surface area contributed by atoms with Crippen LogP contribution >= 0.6 is 23.2 Å². The third-order valence-electron chi connectivity index (χ3n) is 5.04. The fourth-order valence-electron chi connectivity index (χ4n) is 3.70. The van der Waals surface area contributed by atoms with E-state index in [2.05, 4.69) is 0 Å². The Balaban J connectivity index is 1.88. The molecule has 2 aliphatic rings. The molecule has 0 N–H and O–H groups in total. The largest absolute Gasteiger partial charge is 0.424 e. The van der Waals surface area contributed by atoms with Crippen LogP contribution in [0.5, 0.6) is 5.75 Å². The lowest BCUT2D eigenvalue weighted by Crippen LogP contribution is -2.43. The zero-order valence-electron chi connectivity index (χ0n) is 11.9. The van der Waals surface area contributed by atoms with Crippen molar-refractivity contribution in [2.45, 2.75) is 33.1 Å². The minimum absolute atomic E-state index is 0.00124. The second kappa shape index (κ2) is 4.72. The summed E-state index contributed by atoms with van der Waals surface area (Å²) < 4.78 is 5.42. The summed E-state index contributed by atoms with van der Waals surface area (Å²) in [6.07, 6.45) is 2.05. The summed E-state index contributed by atoms with van der Waals surface area (Å²) >= 11 is 11.8. The van der Waals surface area contributed by atoms with Crippen LogP contribution in [-0.4, -0.2) is 11.8 Å². The normalized spacial score (nSPS) is 29.7. The van der Waals surface area contributed by atoms with Crippen LogP contribution in [0, 0.1) is 16.7 Å². The predicted octanol–water partition coefficient (Wildman–Crippen LogP) is 4.29. The van der Waals surface area contributed by atoms with Gasteiger partial charge in [0.2, 0.25) is 0 Å². The summed E-state index contributed by atoms with van der Waals surface area (Å²) in [5.41, 5.74) is -1.43. The molecule has 2 atom stereocenters. The predicted molar refractivity (Wildman–Crippen MR) is 80.7 cm³/mol. The molecule has 0 radical (unpaired) electrons. The highest BCUT2D eigenvalue weighted by Gasteiger charge is 2.66. The maximum absolute atomic E-state index is 12.6. The molecule has 5 heteroatoms. The molecule has 2 fully saturated rings. The molecule has 3 nitrogen and oxygen atoms in total. The molecule has 0 spiro atoms. The molecule has 21 heavy (non-hydrogen) atoms. The monoisotopic (exact) mass is 326 g/mol. The van der Waals surface area contributed by atoms with Gasteiger partial charge in [0, 0.05) is 10.4 Å². The van der Waals surface area contributed by atoms with Gasteiger partial charge in [-0.15, -0.1) is 0 Å². The Bertz CT molecular complexity index is 638. The molecule has 0 amide bonds. The number of carbonyl (C=O) groups excluding carboxylic acids is 2. The fraction of sp³-hybridized carbons (Fsp3) is 0.500. The van der Waals surface area contributed by atoms with E-state index in [1.165, 1.54) is 6.07 Å². The van der Waals surface area contributed by atoms with Crippen molar-refractivity contribution >= 4 is 35.0 Å². The first-order valence-corrected chi connectivity index (χ1v) is 7.75. The van der Waals surface area contributed by atoms with Gasteiger partial charge >= 0.3 is 5.97 Å². The van der Waals surface area contributed by atoms with Gasteiger partial charge in [-0.25, -0.2) is 0 Å². The molecule has 2 saturated carbocycles. The van der Waals surface area contributed by atoms with E-state index in [1.54, 1.807) is 12.1 Å². The SMILES string of the molecule is CC1(C)C(=O)C2(C(=O)Oc3ccc(Cl)cc3Cl)CCC1C2. The van der Waals surface area contributed by atoms with Gasteiger partial charge in [-0.1, -0.05) is 37.0 Å². The van der Waals surface area contributed by atoms with Crippen molar-refractivity contribution in [3.05, 3.63) is 28.2 Å². The zero-order valence-corrected chi connectivity index (χ0v) is 13.4.